The fraction of sp³-hybridized carbons (Fsp3) is 0.917. The zero-order chi connectivity index (χ0) is 11.1. The van der Waals surface area contributed by atoms with Gasteiger partial charge in [-0.1, -0.05) is 40.0 Å². The molecule has 0 bridgehead atoms. The SMILES string of the molecule is CCC(C)CCCC(O)C(C)C(C)=O. The van der Waals surface area contributed by atoms with Crippen LogP contribution < -0.4 is 0 Å². The van der Waals surface area contributed by atoms with Crippen molar-refractivity contribution in [2.75, 3.05) is 0 Å². The van der Waals surface area contributed by atoms with E-state index in [1.54, 1.807) is 13.8 Å². The molecule has 0 saturated carbocycles. The molecule has 0 saturated heterocycles. The van der Waals surface area contributed by atoms with Crippen LogP contribution in [0.3, 0.4) is 0 Å². The van der Waals surface area contributed by atoms with Crippen LogP contribution in [0.15, 0.2) is 0 Å². The molecule has 0 rings (SSSR count). The van der Waals surface area contributed by atoms with Crippen molar-refractivity contribution in [3.05, 3.63) is 0 Å². The normalized spacial score (nSPS) is 17.5. The first kappa shape index (κ1) is 13.6. The quantitative estimate of drug-likeness (QED) is 0.686. The van der Waals surface area contributed by atoms with Crippen molar-refractivity contribution < 1.29 is 9.90 Å². The summed E-state index contributed by atoms with van der Waals surface area (Å²) in [5, 5.41) is 9.65. The molecule has 0 aromatic rings. The van der Waals surface area contributed by atoms with Crippen LogP contribution >= 0.6 is 0 Å². The van der Waals surface area contributed by atoms with E-state index in [0.717, 1.165) is 25.2 Å². The number of hydrogen-bond acceptors (Lipinski definition) is 2. The molecule has 3 unspecified atom stereocenters. The van der Waals surface area contributed by atoms with Gasteiger partial charge in [0.25, 0.3) is 0 Å². The highest BCUT2D eigenvalue weighted by atomic mass is 16.3. The molecule has 0 heterocycles. The molecule has 0 aliphatic rings. The fourth-order valence-electron chi connectivity index (χ4n) is 1.40. The van der Waals surface area contributed by atoms with Crippen molar-refractivity contribution in [2.45, 2.75) is 59.5 Å². The predicted octanol–water partition coefficient (Wildman–Crippen LogP) is 2.79. The van der Waals surface area contributed by atoms with Gasteiger partial charge in [0.05, 0.1) is 6.10 Å². The lowest BCUT2D eigenvalue weighted by molar-refractivity contribution is -0.123. The summed E-state index contributed by atoms with van der Waals surface area (Å²) in [5.74, 6) is 0.614. The van der Waals surface area contributed by atoms with Gasteiger partial charge in [-0.05, 0) is 19.3 Å². The molecule has 14 heavy (non-hydrogen) atoms. The third-order valence-electron chi connectivity index (χ3n) is 3.11. The van der Waals surface area contributed by atoms with E-state index in [1.807, 2.05) is 0 Å². The van der Waals surface area contributed by atoms with Gasteiger partial charge in [-0.15, -0.1) is 0 Å². The van der Waals surface area contributed by atoms with Gasteiger partial charge in [0.2, 0.25) is 0 Å². The zero-order valence-corrected chi connectivity index (χ0v) is 9.92. The molecule has 0 aliphatic carbocycles. The summed E-state index contributed by atoms with van der Waals surface area (Å²) >= 11 is 0. The van der Waals surface area contributed by atoms with Crippen molar-refractivity contribution >= 4 is 5.78 Å². The molecule has 0 aliphatic heterocycles. The van der Waals surface area contributed by atoms with Gasteiger partial charge in [0, 0.05) is 5.92 Å². The fourth-order valence-corrected chi connectivity index (χ4v) is 1.40. The van der Waals surface area contributed by atoms with Gasteiger partial charge in [-0.2, -0.15) is 0 Å². The van der Waals surface area contributed by atoms with Crippen LogP contribution in [0.2, 0.25) is 0 Å². The van der Waals surface area contributed by atoms with Gasteiger partial charge in [-0.25, -0.2) is 0 Å². The van der Waals surface area contributed by atoms with E-state index >= 15 is 0 Å². The zero-order valence-electron chi connectivity index (χ0n) is 9.92. The number of aliphatic hydroxyl groups excluding tert-OH is 1. The Bertz CT molecular complexity index is 166. The number of hydrogen-bond donors (Lipinski definition) is 1. The number of aliphatic hydroxyl groups is 1. The average molecular weight is 200 g/mol. The van der Waals surface area contributed by atoms with E-state index < -0.39 is 6.10 Å². The Labute approximate surface area is 87.7 Å². The maximum atomic E-state index is 11.0. The molecule has 0 radical (unpaired) electrons. The molecule has 84 valence electrons. The van der Waals surface area contributed by atoms with E-state index in [1.165, 1.54) is 6.42 Å². The standard InChI is InChI=1S/C12H24O2/c1-5-9(2)7-6-8-12(14)10(3)11(4)13/h9-10,12,14H,5-8H2,1-4H3. The predicted molar refractivity (Wildman–Crippen MR) is 59.2 cm³/mol. The second-order valence-corrected chi connectivity index (χ2v) is 4.41. The van der Waals surface area contributed by atoms with E-state index in [4.69, 9.17) is 0 Å². The first-order valence-corrected chi connectivity index (χ1v) is 5.67. The van der Waals surface area contributed by atoms with Crippen LogP contribution in [0.4, 0.5) is 0 Å². The molecular formula is C12H24O2. The second kappa shape index (κ2) is 6.99. The van der Waals surface area contributed by atoms with E-state index in [0.29, 0.717) is 0 Å². The molecule has 2 heteroatoms. The molecule has 0 amide bonds. The first-order valence-electron chi connectivity index (χ1n) is 5.67. The maximum Gasteiger partial charge on any atom is 0.135 e. The summed E-state index contributed by atoms with van der Waals surface area (Å²) in [5.41, 5.74) is 0. The largest absolute Gasteiger partial charge is 0.392 e. The molecule has 3 atom stereocenters. The van der Waals surface area contributed by atoms with Crippen molar-refractivity contribution in [2.24, 2.45) is 11.8 Å². The summed E-state index contributed by atoms with van der Waals surface area (Å²) in [6, 6.07) is 0. The Hall–Kier alpha value is -0.370. The summed E-state index contributed by atoms with van der Waals surface area (Å²) in [6.07, 6.45) is 3.67. The van der Waals surface area contributed by atoms with Gasteiger partial charge in [-0.3, -0.25) is 4.79 Å². The third kappa shape index (κ3) is 5.38. The highest BCUT2D eigenvalue weighted by Crippen LogP contribution is 2.16. The Kier molecular flexibility index (Phi) is 6.81. The van der Waals surface area contributed by atoms with Crippen LogP contribution in [0.1, 0.15) is 53.4 Å². The summed E-state index contributed by atoms with van der Waals surface area (Å²) in [6.45, 7) is 7.75. The van der Waals surface area contributed by atoms with Crippen LogP contribution in [-0.2, 0) is 4.79 Å². The number of ketones is 1. The van der Waals surface area contributed by atoms with Gasteiger partial charge in [0.15, 0.2) is 0 Å². The van der Waals surface area contributed by atoms with Gasteiger partial charge in [0.1, 0.15) is 5.78 Å². The lowest BCUT2D eigenvalue weighted by atomic mass is 9.93. The summed E-state index contributed by atoms with van der Waals surface area (Å²) in [4.78, 5) is 11.0. The van der Waals surface area contributed by atoms with Crippen molar-refractivity contribution in [3.63, 3.8) is 0 Å². The van der Waals surface area contributed by atoms with Gasteiger partial charge >= 0.3 is 0 Å². The lowest BCUT2D eigenvalue weighted by Gasteiger charge is -2.16. The van der Waals surface area contributed by atoms with Crippen LogP contribution in [-0.4, -0.2) is 17.0 Å². The highest BCUT2D eigenvalue weighted by molar-refractivity contribution is 5.78. The Balaban J connectivity index is 3.63. The van der Waals surface area contributed by atoms with Crippen molar-refractivity contribution in [3.8, 4) is 0 Å². The maximum absolute atomic E-state index is 11.0. The number of carbonyl (C=O) groups is 1. The molecule has 2 nitrogen and oxygen atoms in total. The molecule has 0 aromatic carbocycles. The third-order valence-corrected chi connectivity index (χ3v) is 3.11. The summed E-state index contributed by atoms with van der Waals surface area (Å²) < 4.78 is 0. The smallest absolute Gasteiger partial charge is 0.135 e. The van der Waals surface area contributed by atoms with E-state index in [-0.39, 0.29) is 11.7 Å². The van der Waals surface area contributed by atoms with Crippen LogP contribution in [0.25, 0.3) is 0 Å². The van der Waals surface area contributed by atoms with Crippen molar-refractivity contribution in [1.82, 2.24) is 0 Å². The van der Waals surface area contributed by atoms with E-state index in [2.05, 4.69) is 13.8 Å². The van der Waals surface area contributed by atoms with Crippen molar-refractivity contribution in [1.29, 1.82) is 0 Å². The summed E-state index contributed by atoms with van der Waals surface area (Å²) in [7, 11) is 0. The average Bonchev–Trinajstić information content (AvgIpc) is 2.15. The Morgan fingerprint density at radius 2 is 1.86 bits per heavy atom. The second-order valence-electron chi connectivity index (χ2n) is 4.41. The molecule has 0 spiro atoms. The number of rotatable bonds is 7. The minimum atomic E-state index is -0.448. The Morgan fingerprint density at radius 3 is 2.29 bits per heavy atom. The monoisotopic (exact) mass is 200 g/mol. The van der Waals surface area contributed by atoms with Crippen LogP contribution in [0, 0.1) is 11.8 Å². The topological polar surface area (TPSA) is 37.3 Å². The molecule has 0 aromatic heterocycles. The molecule has 1 N–H and O–H groups in total. The minimum Gasteiger partial charge on any atom is -0.392 e. The van der Waals surface area contributed by atoms with Crippen LogP contribution in [0.5, 0.6) is 0 Å². The lowest BCUT2D eigenvalue weighted by Crippen LogP contribution is -2.23. The van der Waals surface area contributed by atoms with E-state index in [9.17, 15) is 9.90 Å². The number of carbonyl (C=O) groups excluding carboxylic acids is 1. The minimum absolute atomic E-state index is 0.0843. The highest BCUT2D eigenvalue weighted by Gasteiger charge is 2.17. The van der Waals surface area contributed by atoms with Gasteiger partial charge < -0.3 is 5.11 Å². The molecular weight excluding hydrogens is 176 g/mol. The first-order chi connectivity index (χ1) is 6.49. The Morgan fingerprint density at radius 1 is 1.29 bits per heavy atom. The number of Topliss-reactive ketones (excluding diaryl/α,β-unsaturated/α-hetero) is 1. The molecule has 0 fully saturated rings.